The third-order valence-corrected chi connectivity index (χ3v) is 3.56. The van der Waals surface area contributed by atoms with Crippen LogP contribution in [0.25, 0.3) is 0 Å². The van der Waals surface area contributed by atoms with E-state index < -0.39 is 11.7 Å². The fourth-order valence-electron chi connectivity index (χ4n) is 2.14. The Bertz CT molecular complexity index is 840. The van der Waals surface area contributed by atoms with Gasteiger partial charge in [0.05, 0.1) is 17.8 Å². The van der Waals surface area contributed by atoms with Crippen molar-refractivity contribution in [1.82, 2.24) is 15.6 Å². The largest absolute Gasteiger partial charge is 0.444 e. The number of hydrogen-bond acceptors (Lipinski definition) is 3. The Kier molecular flexibility index (Phi) is 6.88. The number of aliphatic imine (C=N–C) groups is 1. The second-order valence-corrected chi connectivity index (χ2v) is 5.68. The molecule has 1 heterocycles. The molecule has 0 atom stereocenters. The van der Waals surface area contributed by atoms with Crippen molar-refractivity contribution in [3.05, 3.63) is 52.7 Å². The molecule has 1 aromatic carbocycles. The van der Waals surface area contributed by atoms with E-state index in [0.29, 0.717) is 24.0 Å². The molecule has 5 nitrogen and oxygen atoms in total. The first-order chi connectivity index (χ1) is 12.8. The molecule has 2 N–H and O–H groups in total. The van der Waals surface area contributed by atoms with Crippen molar-refractivity contribution >= 4 is 5.96 Å². The molecule has 27 heavy (non-hydrogen) atoms. The smallest absolute Gasteiger partial charge is 0.416 e. The van der Waals surface area contributed by atoms with Crippen LogP contribution in [0.4, 0.5) is 13.2 Å². The summed E-state index contributed by atoms with van der Waals surface area (Å²) in [6.45, 7) is 6.76. The van der Waals surface area contributed by atoms with E-state index in [1.807, 2.05) is 20.8 Å². The average Bonchev–Trinajstić information content (AvgIpc) is 2.94. The Morgan fingerprint density at radius 2 is 2.04 bits per heavy atom. The SMILES string of the molecule is CCNC(=NCc1nc(C)c(C)o1)NCC#Cc1cccc(C(F)(F)F)c1. The zero-order valence-electron chi connectivity index (χ0n) is 15.4. The molecule has 1 aromatic heterocycles. The van der Waals surface area contributed by atoms with Gasteiger partial charge in [-0.1, -0.05) is 17.9 Å². The second-order valence-electron chi connectivity index (χ2n) is 5.68. The minimum atomic E-state index is -4.38. The van der Waals surface area contributed by atoms with E-state index >= 15 is 0 Å². The summed E-state index contributed by atoms with van der Waals surface area (Å²) in [5.41, 5.74) is 0.415. The maximum atomic E-state index is 12.7. The number of hydrogen-bond donors (Lipinski definition) is 2. The van der Waals surface area contributed by atoms with Crippen LogP contribution in [0.2, 0.25) is 0 Å². The maximum Gasteiger partial charge on any atom is 0.416 e. The van der Waals surface area contributed by atoms with Gasteiger partial charge in [0.1, 0.15) is 12.3 Å². The van der Waals surface area contributed by atoms with Crippen LogP contribution in [0.3, 0.4) is 0 Å². The molecule has 0 unspecified atom stereocenters. The average molecular weight is 378 g/mol. The second kappa shape index (κ2) is 9.12. The standard InChI is InChI=1S/C19H21F3N4O/c1-4-23-18(25-12-17-26-13(2)14(3)27-17)24-10-6-8-15-7-5-9-16(11-15)19(20,21)22/h5,7,9,11H,4,10,12H2,1-3H3,(H2,23,24,25). The van der Waals surface area contributed by atoms with Gasteiger partial charge in [-0.05, 0) is 39.0 Å². The van der Waals surface area contributed by atoms with Crippen molar-refractivity contribution in [2.75, 3.05) is 13.1 Å². The number of nitrogens with zero attached hydrogens (tertiary/aromatic N) is 2. The predicted octanol–water partition coefficient (Wildman–Crippen LogP) is 3.42. The predicted molar refractivity (Wildman–Crippen MR) is 97.1 cm³/mol. The molecule has 8 heteroatoms. The van der Waals surface area contributed by atoms with Gasteiger partial charge in [-0.25, -0.2) is 9.98 Å². The van der Waals surface area contributed by atoms with Crippen molar-refractivity contribution in [3.63, 3.8) is 0 Å². The van der Waals surface area contributed by atoms with Gasteiger partial charge in [-0.15, -0.1) is 0 Å². The van der Waals surface area contributed by atoms with E-state index in [1.165, 1.54) is 12.1 Å². The number of benzene rings is 1. The number of oxazole rings is 1. The number of aryl methyl sites for hydroxylation is 2. The fraction of sp³-hybridized carbons (Fsp3) is 0.368. The summed E-state index contributed by atoms with van der Waals surface area (Å²) in [4.78, 5) is 8.61. The molecule has 144 valence electrons. The highest BCUT2D eigenvalue weighted by atomic mass is 19.4. The Labute approximate surface area is 156 Å². The van der Waals surface area contributed by atoms with Gasteiger partial charge in [0, 0.05) is 12.1 Å². The highest BCUT2D eigenvalue weighted by Gasteiger charge is 2.30. The van der Waals surface area contributed by atoms with E-state index in [-0.39, 0.29) is 13.1 Å². The van der Waals surface area contributed by atoms with E-state index in [0.717, 1.165) is 23.6 Å². The Morgan fingerprint density at radius 3 is 2.67 bits per heavy atom. The maximum absolute atomic E-state index is 12.7. The molecule has 0 bridgehead atoms. The van der Waals surface area contributed by atoms with Crippen molar-refractivity contribution in [1.29, 1.82) is 0 Å². The van der Waals surface area contributed by atoms with Crippen LogP contribution in [-0.4, -0.2) is 24.0 Å². The van der Waals surface area contributed by atoms with Gasteiger partial charge in [0.15, 0.2) is 5.96 Å². The summed E-state index contributed by atoms with van der Waals surface area (Å²) in [6.07, 6.45) is -4.38. The third-order valence-electron chi connectivity index (χ3n) is 3.56. The lowest BCUT2D eigenvalue weighted by atomic mass is 10.1. The quantitative estimate of drug-likeness (QED) is 0.486. The Balaban J connectivity index is 1.97. The lowest BCUT2D eigenvalue weighted by Gasteiger charge is -2.08. The number of aromatic nitrogens is 1. The number of guanidine groups is 1. The van der Waals surface area contributed by atoms with E-state index in [4.69, 9.17) is 4.42 Å². The van der Waals surface area contributed by atoms with Crippen molar-refractivity contribution in [2.24, 2.45) is 4.99 Å². The molecular formula is C19H21F3N4O. The first-order valence-corrected chi connectivity index (χ1v) is 8.40. The molecule has 0 fully saturated rings. The Hall–Kier alpha value is -2.95. The van der Waals surface area contributed by atoms with E-state index in [9.17, 15) is 13.2 Å². The molecular weight excluding hydrogens is 357 g/mol. The molecule has 0 saturated carbocycles. The van der Waals surface area contributed by atoms with Gasteiger partial charge in [0.25, 0.3) is 0 Å². The third kappa shape index (κ3) is 6.37. The summed E-state index contributed by atoms with van der Waals surface area (Å²) < 4.78 is 43.6. The summed E-state index contributed by atoms with van der Waals surface area (Å²) in [6, 6.07) is 4.92. The van der Waals surface area contributed by atoms with Gasteiger partial charge < -0.3 is 15.1 Å². The molecule has 2 aromatic rings. The number of halogens is 3. The van der Waals surface area contributed by atoms with E-state index in [2.05, 4.69) is 32.5 Å². The summed E-state index contributed by atoms with van der Waals surface area (Å²) >= 11 is 0. The number of alkyl halides is 3. The monoisotopic (exact) mass is 378 g/mol. The zero-order valence-corrected chi connectivity index (χ0v) is 15.4. The van der Waals surface area contributed by atoms with Gasteiger partial charge in [0.2, 0.25) is 5.89 Å². The van der Waals surface area contributed by atoms with Gasteiger partial charge in [-0.3, -0.25) is 0 Å². The lowest BCUT2D eigenvalue weighted by molar-refractivity contribution is -0.137. The van der Waals surface area contributed by atoms with Crippen molar-refractivity contribution < 1.29 is 17.6 Å². The van der Waals surface area contributed by atoms with Crippen LogP contribution in [0.1, 0.15) is 35.4 Å². The fourth-order valence-corrected chi connectivity index (χ4v) is 2.14. The molecule has 0 radical (unpaired) electrons. The molecule has 0 aliphatic rings. The minimum absolute atomic E-state index is 0.228. The lowest BCUT2D eigenvalue weighted by Crippen LogP contribution is -2.37. The first kappa shape index (κ1) is 20.4. The highest BCUT2D eigenvalue weighted by molar-refractivity contribution is 5.79. The molecule has 0 saturated heterocycles. The highest BCUT2D eigenvalue weighted by Crippen LogP contribution is 2.29. The van der Waals surface area contributed by atoms with Gasteiger partial charge >= 0.3 is 6.18 Å². The van der Waals surface area contributed by atoms with Crippen LogP contribution in [0.5, 0.6) is 0 Å². The number of rotatable bonds is 4. The van der Waals surface area contributed by atoms with Crippen LogP contribution in [-0.2, 0) is 12.7 Å². The molecule has 0 spiro atoms. The molecule has 0 aliphatic heterocycles. The van der Waals surface area contributed by atoms with Crippen LogP contribution in [0.15, 0.2) is 33.7 Å². The normalized spacial score (nSPS) is 11.7. The topological polar surface area (TPSA) is 62.5 Å². The molecule has 0 aliphatic carbocycles. The summed E-state index contributed by atoms with van der Waals surface area (Å²) in [7, 11) is 0. The van der Waals surface area contributed by atoms with Crippen molar-refractivity contribution in [3.8, 4) is 11.8 Å². The van der Waals surface area contributed by atoms with Crippen LogP contribution < -0.4 is 10.6 Å². The number of nitrogens with one attached hydrogen (secondary N) is 2. The summed E-state index contributed by atoms with van der Waals surface area (Å²) in [5, 5.41) is 6.06. The van der Waals surface area contributed by atoms with Gasteiger partial charge in [-0.2, -0.15) is 13.2 Å². The minimum Gasteiger partial charge on any atom is -0.444 e. The summed E-state index contributed by atoms with van der Waals surface area (Å²) in [5.74, 6) is 7.29. The van der Waals surface area contributed by atoms with E-state index in [1.54, 1.807) is 0 Å². The molecule has 2 rings (SSSR count). The van der Waals surface area contributed by atoms with Crippen LogP contribution in [0, 0.1) is 25.7 Å². The van der Waals surface area contributed by atoms with Crippen LogP contribution >= 0.6 is 0 Å². The Morgan fingerprint density at radius 1 is 1.26 bits per heavy atom. The first-order valence-electron chi connectivity index (χ1n) is 8.40. The van der Waals surface area contributed by atoms with Crippen molar-refractivity contribution in [2.45, 2.75) is 33.5 Å². The molecule has 0 amide bonds. The zero-order chi connectivity index (χ0) is 19.9.